The number of nitrogens with zero attached hydrogens (tertiary/aromatic N) is 1. The molecule has 9 nitrogen and oxygen atoms in total. The molecule has 0 spiro atoms. The normalized spacial score (nSPS) is 13.1. The van der Waals surface area contributed by atoms with Crippen LogP contribution in [0.1, 0.15) is 245 Å². The zero-order valence-corrected chi connectivity index (χ0v) is 44.3. The van der Waals surface area contributed by atoms with Gasteiger partial charge in [0.15, 0.2) is 6.10 Å². The SMILES string of the molecule is CC/C=C\C/C=C\C/C=C\C/C=C\CCC(=O)OC(COC(=O)CCCCCCCCCCCCCCCCCCCCCCCCCCCCCCC)COC(OCC[N+](C)(C)C)C(=O)O. The number of carbonyl (C=O) groups excluding carboxylic acids is 2. The van der Waals surface area contributed by atoms with Crippen LogP contribution in [0.3, 0.4) is 0 Å². The molecule has 2 unspecified atom stereocenters. The summed E-state index contributed by atoms with van der Waals surface area (Å²) in [5.41, 5.74) is 0. The van der Waals surface area contributed by atoms with Crippen molar-refractivity contribution in [1.29, 1.82) is 0 Å². The first-order valence-corrected chi connectivity index (χ1v) is 27.8. The fraction of sp³-hybridized carbons (Fsp3) is 0.810. The molecule has 0 aliphatic rings. The molecule has 0 aromatic rings. The average Bonchev–Trinajstić information content (AvgIpc) is 3.29. The van der Waals surface area contributed by atoms with E-state index in [-0.39, 0.29) is 32.2 Å². The predicted molar refractivity (Wildman–Crippen MR) is 281 cm³/mol. The molecular formula is C58H106NO8+. The molecule has 0 bridgehead atoms. The molecule has 0 amide bonds. The molecule has 0 radical (unpaired) electrons. The second kappa shape index (κ2) is 49.7. The third-order valence-electron chi connectivity index (χ3n) is 12.1. The monoisotopic (exact) mass is 945 g/mol. The van der Waals surface area contributed by atoms with Crippen molar-refractivity contribution in [2.75, 3.05) is 47.5 Å². The summed E-state index contributed by atoms with van der Waals surface area (Å²) in [6.07, 6.45) is 58.1. The van der Waals surface area contributed by atoms with E-state index in [1.54, 1.807) is 0 Å². The molecule has 0 aromatic carbocycles. The third kappa shape index (κ3) is 50.9. The topological polar surface area (TPSA) is 108 Å². The lowest BCUT2D eigenvalue weighted by molar-refractivity contribution is -0.870. The average molecular weight is 945 g/mol. The maximum atomic E-state index is 12.7. The maximum Gasteiger partial charge on any atom is 0.361 e. The van der Waals surface area contributed by atoms with Crippen molar-refractivity contribution in [3.8, 4) is 0 Å². The largest absolute Gasteiger partial charge is 0.477 e. The van der Waals surface area contributed by atoms with E-state index in [9.17, 15) is 19.5 Å². The Bertz CT molecular complexity index is 1240. The van der Waals surface area contributed by atoms with Crippen molar-refractivity contribution in [1.82, 2.24) is 0 Å². The Labute approximate surface area is 412 Å². The van der Waals surface area contributed by atoms with Gasteiger partial charge >= 0.3 is 17.9 Å². The Morgan fingerprint density at radius 3 is 1.24 bits per heavy atom. The molecule has 0 rings (SSSR count). The molecular weight excluding hydrogens is 839 g/mol. The first kappa shape index (κ1) is 64.2. The summed E-state index contributed by atoms with van der Waals surface area (Å²) in [4.78, 5) is 37.2. The lowest BCUT2D eigenvalue weighted by Crippen LogP contribution is -2.40. The molecule has 0 heterocycles. The fourth-order valence-corrected chi connectivity index (χ4v) is 7.85. The van der Waals surface area contributed by atoms with E-state index >= 15 is 0 Å². The standard InChI is InChI=1S/C58H105NO8/c1-6-8-10-12-14-16-18-20-21-22-23-24-25-26-27-28-29-30-31-32-33-34-35-37-38-40-42-44-46-48-55(60)65-52-54(53-66-58(57(62)63)64-51-50-59(3,4)5)67-56(61)49-47-45-43-41-39-36-19-17-15-13-11-9-7-2/h9,11,15,17,36,39,43,45,54,58H,6-8,10,12-14,16,18-35,37-38,40-42,44,46-53H2,1-5H3/p+1/b11-9-,17-15-,39-36-,45-43-. The van der Waals surface area contributed by atoms with Crippen molar-refractivity contribution < 1.29 is 42.9 Å². The van der Waals surface area contributed by atoms with E-state index in [0.717, 1.165) is 44.9 Å². The van der Waals surface area contributed by atoms with Crippen LogP contribution in [0.5, 0.6) is 0 Å². The highest BCUT2D eigenvalue weighted by Gasteiger charge is 2.25. The lowest BCUT2D eigenvalue weighted by Gasteiger charge is -2.25. The molecule has 0 fully saturated rings. The number of esters is 2. The molecule has 390 valence electrons. The number of aliphatic carboxylic acids is 1. The minimum absolute atomic E-state index is 0.140. The Hall–Kier alpha value is -2.75. The van der Waals surface area contributed by atoms with Gasteiger partial charge in [0.1, 0.15) is 13.2 Å². The summed E-state index contributed by atoms with van der Waals surface area (Å²) >= 11 is 0. The summed E-state index contributed by atoms with van der Waals surface area (Å²) in [5, 5.41) is 9.66. The zero-order chi connectivity index (χ0) is 49.2. The van der Waals surface area contributed by atoms with Gasteiger partial charge in [-0.3, -0.25) is 9.59 Å². The number of carbonyl (C=O) groups is 3. The second-order valence-electron chi connectivity index (χ2n) is 19.9. The van der Waals surface area contributed by atoms with Gasteiger partial charge in [0, 0.05) is 12.8 Å². The molecule has 0 saturated heterocycles. The second-order valence-corrected chi connectivity index (χ2v) is 19.9. The number of allylic oxidation sites excluding steroid dienone is 8. The summed E-state index contributed by atoms with van der Waals surface area (Å²) in [7, 11) is 5.94. The van der Waals surface area contributed by atoms with E-state index < -0.39 is 24.3 Å². The number of likely N-dealkylation sites (N-methyl/N-ethyl adjacent to an activating group) is 1. The van der Waals surface area contributed by atoms with Gasteiger partial charge in [-0.1, -0.05) is 242 Å². The number of quaternary nitrogens is 1. The van der Waals surface area contributed by atoms with Gasteiger partial charge in [-0.15, -0.1) is 0 Å². The zero-order valence-electron chi connectivity index (χ0n) is 44.3. The van der Waals surface area contributed by atoms with Gasteiger partial charge in [0.2, 0.25) is 0 Å². The van der Waals surface area contributed by atoms with Crippen LogP contribution < -0.4 is 0 Å². The van der Waals surface area contributed by atoms with Crippen molar-refractivity contribution in [3.63, 3.8) is 0 Å². The molecule has 9 heteroatoms. The van der Waals surface area contributed by atoms with E-state index in [2.05, 4.69) is 50.3 Å². The molecule has 0 saturated carbocycles. The smallest absolute Gasteiger partial charge is 0.361 e. The van der Waals surface area contributed by atoms with Gasteiger partial charge in [0.25, 0.3) is 6.29 Å². The molecule has 1 N–H and O–H groups in total. The molecule has 0 aliphatic heterocycles. The predicted octanol–water partition coefficient (Wildman–Crippen LogP) is 15.9. The third-order valence-corrected chi connectivity index (χ3v) is 12.1. The summed E-state index contributed by atoms with van der Waals surface area (Å²) in [6, 6.07) is 0. The van der Waals surface area contributed by atoms with Gasteiger partial charge in [-0.2, -0.15) is 0 Å². The van der Waals surface area contributed by atoms with Gasteiger partial charge in [0.05, 0.1) is 34.4 Å². The molecule has 67 heavy (non-hydrogen) atoms. The van der Waals surface area contributed by atoms with Gasteiger partial charge < -0.3 is 28.5 Å². The minimum atomic E-state index is -1.53. The van der Waals surface area contributed by atoms with E-state index in [0.29, 0.717) is 23.9 Å². The van der Waals surface area contributed by atoms with Crippen LogP contribution in [0.2, 0.25) is 0 Å². The highest BCUT2D eigenvalue weighted by molar-refractivity contribution is 5.71. The number of hydrogen-bond donors (Lipinski definition) is 1. The molecule has 0 aliphatic carbocycles. The number of ether oxygens (including phenoxy) is 4. The number of rotatable bonds is 51. The van der Waals surface area contributed by atoms with E-state index in [1.165, 1.54) is 167 Å². The lowest BCUT2D eigenvalue weighted by atomic mass is 10.0. The van der Waals surface area contributed by atoms with Crippen LogP contribution in [0.15, 0.2) is 48.6 Å². The van der Waals surface area contributed by atoms with Crippen LogP contribution in [-0.4, -0.2) is 87.4 Å². The summed E-state index contributed by atoms with van der Waals surface area (Å²) in [6.45, 7) is 4.70. The Morgan fingerprint density at radius 1 is 0.463 bits per heavy atom. The molecule has 0 aromatic heterocycles. The van der Waals surface area contributed by atoms with Crippen LogP contribution >= 0.6 is 0 Å². The number of carboxylic acid groups (broad SMARTS) is 1. The van der Waals surface area contributed by atoms with Gasteiger partial charge in [-0.25, -0.2) is 4.79 Å². The van der Waals surface area contributed by atoms with Crippen molar-refractivity contribution in [2.45, 2.75) is 257 Å². The highest BCUT2D eigenvalue weighted by atomic mass is 16.7. The first-order valence-electron chi connectivity index (χ1n) is 27.8. The van der Waals surface area contributed by atoms with Crippen molar-refractivity contribution >= 4 is 17.9 Å². The minimum Gasteiger partial charge on any atom is -0.477 e. The first-order chi connectivity index (χ1) is 32.6. The quantitative estimate of drug-likeness (QED) is 0.0211. The Balaban J connectivity index is 4.13. The summed E-state index contributed by atoms with van der Waals surface area (Å²) < 4.78 is 22.7. The number of carboxylic acids is 1. The summed E-state index contributed by atoms with van der Waals surface area (Å²) in [5.74, 6) is -2.11. The fourth-order valence-electron chi connectivity index (χ4n) is 7.85. The number of hydrogen-bond acceptors (Lipinski definition) is 7. The Kier molecular flexibility index (Phi) is 47.6. The van der Waals surface area contributed by atoms with Crippen molar-refractivity contribution in [3.05, 3.63) is 48.6 Å². The number of unbranched alkanes of at least 4 members (excludes halogenated alkanes) is 28. The van der Waals surface area contributed by atoms with Crippen molar-refractivity contribution in [2.24, 2.45) is 0 Å². The Morgan fingerprint density at radius 2 is 0.851 bits per heavy atom. The highest BCUT2D eigenvalue weighted by Crippen LogP contribution is 2.17. The van der Waals surface area contributed by atoms with Crippen LogP contribution in [0.25, 0.3) is 0 Å². The maximum absolute atomic E-state index is 12.7. The van der Waals surface area contributed by atoms with Crippen LogP contribution in [0.4, 0.5) is 0 Å². The van der Waals surface area contributed by atoms with Crippen LogP contribution in [-0.2, 0) is 33.3 Å². The van der Waals surface area contributed by atoms with Gasteiger partial charge in [-0.05, 0) is 38.5 Å². The van der Waals surface area contributed by atoms with E-state index in [4.69, 9.17) is 18.9 Å². The van der Waals surface area contributed by atoms with Crippen LogP contribution in [0, 0.1) is 0 Å². The molecule has 2 atom stereocenters. The van der Waals surface area contributed by atoms with E-state index in [1.807, 2.05) is 33.3 Å².